The minimum absolute atomic E-state index is 0.0407. The summed E-state index contributed by atoms with van der Waals surface area (Å²) in [4.78, 5) is 28.0. The predicted molar refractivity (Wildman–Crippen MR) is 96.8 cm³/mol. The Morgan fingerprint density at radius 1 is 1.20 bits per heavy atom. The van der Waals surface area contributed by atoms with Crippen molar-refractivity contribution in [1.82, 2.24) is 15.6 Å². The Bertz CT molecular complexity index is 765. The number of carbonyl (C=O) groups excluding carboxylic acids is 2. The topological polar surface area (TPSA) is 71.1 Å². The molecule has 0 aliphatic heterocycles. The molecule has 1 unspecified atom stereocenters. The second-order valence-corrected chi connectivity index (χ2v) is 6.22. The van der Waals surface area contributed by atoms with Crippen molar-refractivity contribution in [2.45, 2.75) is 31.8 Å². The van der Waals surface area contributed by atoms with Crippen LogP contribution in [0.25, 0.3) is 6.08 Å². The van der Waals surface area contributed by atoms with Gasteiger partial charge in [-0.05, 0) is 55.2 Å². The van der Waals surface area contributed by atoms with E-state index in [0.29, 0.717) is 11.6 Å². The van der Waals surface area contributed by atoms with Crippen LogP contribution in [0.2, 0.25) is 0 Å². The second kappa shape index (κ2) is 7.75. The number of nitrogens with one attached hydrogen (secondary N) is 2. The van der Waals surface area contributed by atoms with E-state index in [1.807, 2.05) is 31.2 Å². The van der Waals surface area contributed by atoms with Crippen LogP contribution in [0.1, 0.15) is 47.3 Å². The van der Waals surface area contributed by atoms with Crippen molar-refractivity contribution in [3.8, 4) is 0 Å². The molecular weight excluding hydrogens is 314 g/mol. The van der Waals surface area contributed by atoms with Crippen LogP contribution in [0.5, 0.6) is 0 Å². The monoisotopic (exact) mass is 335 g/mol. The summed E-state index contributed by atoms with van der Waals surface area (Å²) in [7, 11) is 0. The van der Waals surface area contributed by atoms with E-state index >= 15 is 0 Å². The van der Waals surface area contributed by atoms with E-state index in [2.05, 4.69) is 15.6 Å². The van der Waals surface area contributed by atoms with Crippen molar-refractivity contribution < 1.29 is 9.59 Å². The normalized spacial score (nSPS) is 14.9. The first kappa shape index (κ1) is 16.9. The fraction of sp³-hybridized carbons (Fsp3) is 0.250. The molecule has 1 aromatic carbocycles. The van der Waals surface area contributed by atoms with Crippen LogP contribution in [0.4, 0.5) is 0 Å². The van der Waals surface area contributed by atoms with E-state index in [4.69, 9.17) is 0 Å². The summed E-state index contributed by atoms with van der Waals surface area (Å²) in [5.74, 6) is -0.215. The Morgan fingerprint density at radius 3 is 2.60 bits per heavy atom. The van der Waals surface area contributed by atoms with Gasteiger partial charge in [0.25, 0.3) is 5.91 Å². The zero-order valence-electron chi connectivity index (χ0n) is 14.1. The Kier molecular flexibility index (Phi) is 5.23. The van der Waals surface area contributed by atoms with Gasteiger partial charge in [-0.25, -0.2) is 0 Å². The SMILES string of the molecule is CC(NC(=O)C=Cc1ccc(C(=O)NC2CC2)cc1)c1cccnc1. The minimum Gasteiger partial charge on any atom is -0.349 e. The lowest BCUT2D eigenvalue weighted by Crippen LogP contribution is -2.25. The standard InChI is InChI=1S/C20H21N3O2/c1-14(17-3-2-12-21-13-17)22-19(24)11-6-15-4-7-16(8-5-15)20(25)23-18-9-10-18/h2-8,11-14,18H,9-10H2,1H3,(H,22,24)(H,23,25). The van der Waals surface area contributed by atoms with Crippen molar-refractivity contribution in [2.24, 2.45) is 0 Å². The van der Waals surface area contributed by atoms with Crippen LogP contribution in [0, 0.1) is 0 Å². The zero-order valence-corrected chi connectivity index (χ0v) is 14.1. The minimum atomic E-state index is -0.174. The van der Waals surface area contributed by atoms with Crippen LogP contribution >= 0.6 is 0 Å². The average molecular weight is 335 g/mol. The molecule has 0 saturated heterocycles. The third kappa shape index (κ3) is 5.01. The maximum atomic E-state index is 12.0. The van der Waals surface area contributed by atoms with Gasteiger partial charge in [0.1, 0.15) is 0 Å². The molecule has 3 rings (SSSR count). The summed E-state index contributed by atoms with van der Waals surface area (Å²) < 4.78 is 0. The van der Waals surface area contributed by atoms with Crippen LogP contribution < -0.4 is 10.6 Å². The van der Waals surface area contributed by atoms with Gasteiger partial charge in [0, 0.05) is 30.1 Å². The van der Waals surface area contributed by atoms with Gasteiger partial charge in [-0.3, -0.25) is 14.6 Å². The first-order valence-corrected chi connectivity index (χ1v) is 8.41. The quantitative estimate of drug-likeness (QED) is 0.798. The summed E-state index contributed by atoms with van der Waals surface area (Å²) in [6, 6.07) is 11.2. The number of nitrogens with zero attached hydrogens (tertiary/aromatic N) is 1. The van der Waals surface area contributed by atoms with Crippen LogP contribution in [0.3, 0.4) is 0 Å². The number of pyridine rings is 1. The first-order chi connectivity index (χ1) is 12.1. The second-order valence-electron chi connectivity index (χ2n) is 6.22. The average Bonchev–Trinajstić information content (AvgIpc) is 3.45. The van der Waals surface area contributed by atoms with Crippen molar-refractivity contribution in [3.05, 3.63) is 71.6 Å². The van der Waals surface area contributed by atoms with E-state index < -0.39 is 0 Å². The maximum absolute atomic E-state index is 12.0. The number of hydrogen-bond acceptors (Lipinski definition) is 3. The van der Waals surface area contributed by atoms with Crippen LogP contribution in [0.15, 0.2) is 54.9 Å². The van der Waals surface area contributed by atoms with Gasteiger partial charge >= 0.3 is 0 Å². The summed E-state index contributed by atoms with van der Waals surface area (Å²) in [6.45, 7) is 1.91. The zero-order chi connectivity index (χ0) is 17.6. The van der Waals surface area contributed by atoms with Gasteiger partial charge in [-0.1, -0.05) is 18.2 Å². The summed E-state index contributed by atoms with van der Waals surface area (Å²) in [6.07, 6.45) is 8.80. The highest BCUT2D eigenvalue weighted by Crippen LogP contribution is 2.19. The fourth-order valence-electron chi connectivity index (χ4n) is 2.39. The number of benzene rings is 1. The van der Waals surface area contributed by atoms with Crippen molar-refractivity contribution in [1.29, 1.82) is 0 Å². The third-order valence-electron chi connectivity index (χ3n) is 4.06. The molecule has 2 amide bonds. The first-order valence-electron chi connectivity index (χ1n) is 8.41. The lowest BCUT2D eigenvalue weighted by atomic mass is 10.1. The molecule has 5 heteroatoms. The maximum Gasteiger partial charge on any atom is 0.251 e. The number of hydrogen-bond donors (Lipinski definition) is 2. The molecule has 5 nitrogen and oxygen atoms in total. The van der Waals surface area contributed by atoms with Crippen LogP contribution in [-0.2, 0) is 4.79 Å². The largest absolute Gasteiger partial charge is 0.349 e. The van der Waals surface area contributed by atoms with Gasteiger partial charge in [-0.2, -0.15) is 0 Å². The molecule has 0 radical (unpaired) electrons. The molecule has 25 heavy (non-hydrogen) atoms. The molecule has 1 saturated carbocycles. The molecule has 1 aliphatic rings. The van der Waals surface area contributed by atoms with Crippen molar-refractivity contribution in [3.63, 3.8) is 0 Å². The van der Waals surface area contributed by atoms with Crippen LogP contribution in [-0.4, -0.2) is 22.8 Å². The highest BCUT2D eigenvalue weighted by molar-refractivity contribution is 5.95. The number of aromatic nitrogens is 1. The highest BCUT2D eigenvalue weighted by Gasteiger charge is 2.23. The van der Waals surface area contributed by atoms with Gasteiger partial charge in [0.15, 0.2) is 0 Å². The molecule has 1 aliphatic carbocycles. The van der Waals surface area contributed by atoms with E-state index in [1.165, 1.54) is 6.08 Å². The molecule has 0 spiro atoms. The van der Waals surface area contributed by atoms with Crippen molar-refractivity contribution >= 4 is 17.9 Å². The van der Waals surface area contributed by atoms with E-state index in [1.54, 1.807) is 30.6 Å². The number of carbonyl (C=O) groups is 2. The molecule has 1 atom stereocenters. The summed E-state index contributed by atoms with van der Waals surface area (Å²) in [5.41, 5.74) is 2.46. The molecular formula is C20H21N3O2. The molecule has 2 aromatic rings. The Morgan fingerprint density at radius 2 is 1.96 bits per heavy atom. The highest BCUT2D eigenvalue weighted by atomic mass is 16.2. The molecule has 1 heterocycles. The lowest BCUT2D eigenvalue weighted by Gasteiger charge is -2.12. The smallest absolute Gasteiger partial charge is 0.251 e. The Hall–Kier alpha value is -2.95. The molecule has 128 valence electrons. The Labute approximate surface area is 147 Å². The van der Waals surface area contributed by atoms with Gasteiger partial charge in [0.2, 0.25) is 5.91 Å². The van der Waals surface area contributed by atoms with E-state index in [9.17, 15) is 9.59 Å². The summed E-state index contributed by atoms with van der Waals surface area (Å²) in [5, 5.41) is 5.85. The van der Waals surface area contributed by atoms with E-state index in [-0.39, 0.29) is 17.9 Å². The summed E-state index contributed by atoms with van der Waals surface area (Å²) >= 11 is 0. The Balaban J connectivity index is 1.54. The van der Waals surface area contributed by atoms with Gasteiger partial charge in [-0.15, -0.1) is 0 Å². The van der Waals surface area contributed by atoms with Crippen molar-refractivity contribution in [2.75, 3.05) is 0 Å². The fourth-order valence-corrected chi connectivity index (χ4v) is 2.39. The number of amides is 2. The van der Waals surface area contributed by atoms with E-state index in [0.717, 1.165) is 24.0 Å². The third-order valence-corrected chi connectivity index (χ3v) is 4.06. The molecule has 1 fully saturated rings. The van der Waals surface area contributed by atoms with Gasteiger partial charge in [0.05, 0.1) is 6.04 Å². The molecule has 0 bridgehead atoms. The predicted octanol–water partition coefficient (Wildman–Crippen LogP) is 2.86. The number of rotatable bonds is 6. The molecule has 1 aromatic heterocycles. The van der Waals surface area contributed by atoms with Gasteiger partial charge < -0.3 is 10.6 Å². The lowest BCUT2D eigenvalue weighted by molar-refractivity contribution is -0.117. The molecule has 2 N–H and O–H groups in total.